The molecule has 1 unspecified atom stereocenters. The molecule has 0 aromatic carbocycles. The van der Waals surface area contributed by atoms with E-state index in [4.69, 9.17) is 0 Å². The summed E-state index contributed by atoms with van der Waals surface area (Å²) in [5.74, 6) is 0.307. The number of urea groups is 1. The predicted octanol–water partition coefficient (Wildman–Crippen LogP) is 2.24. The Hall–Kier alpha value is -2.63. The van der Waals surface area contributed by atoms with Gasteiger partial charge < -0.3 is 15.2 Å². The average Bonchev–Trinajstić information content (AvgIpc) is 3.22. The molecule has 4 heterocycles. The summed E-state index contributed by atoms with van der Waals surface area (Å²) in [6.45, 7) is 1.51. The lowest BCUT2D eigenvalue weighted by atomic mass is 9.97. The molecule has 2 N–H and O–H groups in total. The smallest absolute Gasteiger partial charge is 0.317 e. The van der Waals surface area contributed by atoms with Gasteiger partial charge in [0.25, 0.3) is 0 Å². The largest absolute Gasteiger partial charge is 0.364 e. The van der Waals surface area contributed by atoms with E-state index in [0.29, 0.717) is 5.92 Å². The normalized spacial score (nSPS) is 18.2. The zero-order chi connectivity index (χ0) is 15.1. The summed E-state index contributed by atoms with van der Waals surface area (Å²) < 4.78 is 0. The monoisotopic (exact) mass is 295 g/mol. The van der Waals surface area contributed by atoms with Gasteiger partial charge in [0, 0.05) is 66.5 Å². The van der Waals surface area contributed by atoms with Crippen molar-refractivity contribution in [2.75, 3.05) is 20.1 Å². The van der Waals surface area contributed by atoms with E-state index in [1.165, 1.54) is 11.1 Å². The highest BCUT2D eigenvalue weighted by Crippen LogP contribution is 2.33. The standard InChI is InChI=1S/C16H17N5O/c1-17-16(22)21-7-4-11(9-21)14-13-10(2-5-18-14)8-20-15-12(13)3-6-19-15/h2-3,5-6,8,11,18H,4,7,9H2,1H3,(H,17,22). The molecule has 6 nitrogen and oxygen atoms in total. The van der Waals surface area contributed by atoms with Crippen molar-refractivity contribution in [1.29, 1.82) is 0 Å². The molecule has 1 atom stereocenters. The zero-order valence-corrected chi connectivity index (χ0v) is 12.3. The van der Waals surface area contributed by atoms with Gasteiger partial charge in [-0.1, -0.05) is 0 Å². The van der Waals surface area contributed by atoms with E-state index in [1.54, 1.807) is 13.2 Å². The first kappa shape index (κ1) is 13.1. The lowest BCUT2D eigenvalue weighted by Crippen LogP contribution is -2.36. The maximum absolute atomic E-state index is 11.8. The van der Waals surface area contributed by atoms with Crippen LogP contribution in [0.1, 0.15) is 18.0 Å². The molecule has 4 rings (SSSR count). The van der Waals surface area contributed by atoms with Crippen molar-refractivity contribution in [2.45, 2.75) is 12.3 Å². The van der Waals surface area contributed by atoms with Crippen LogP contribution in [0.5, 0.6) is 0 Å². The fourth-order valence-corrected chi connectivity index (χ4v) is 3.36. The van der Waals surface area contributed by atoms with Gasteiger partial charge >= 0.3 is 6.03 Å². The van der Waals surface area contributed by atoms with Crippen molar-refractivity contribution in [3.63, 3.8) is 0 Å². The number of aromatic amines is 1. The lowest BCUT2D eigenvalue weighted by molar-refractivity contribution is 0.210. The Morgan fingerprint density at radius 3 is 3.18 bits per heavy atom. The highest BCUT2D eigenvalue weighted by Gasteiger charge is 2.28. The maximum atomic E-state index is 11.8. The summed E-state index contributed by atoms with van der Waals surface area (Å²) in [4.78, 5) is 25.8. The first-order valence-electron chi connectivity index (χ1n) is 7.45. The Morgan fingerprint density at radius 2 is 2.32 bits per heavy atom. The molecule has 2 amide bonds. The van der Waals surface area contributed by atoms with E-state index >= 15 is 0 Å². The van der Waals surface area contributed by atoms with Crippen LogP contribution in [0.2, 0.25) is 0 Å². The van der Waals surface area contributed by atoms with Crippen LogP contribution in [0.15, 0.2) is 30.7 Å². The molecule has 1 aliphatic rings. The Bertz CT molecular complexity index is 856. The first-order valence-corrected chi connectivity index (χ1v) is 7.45. The van der Waals surface area contributed by atoms with Gasteiger partial charge in [0.05, 0.1) is 0 Å². The zero-order valence-electron chi connectivity index (χ0n) is 12.3. The first-order chi connectivity index (χ1) is 10.8. The molecule has 0 radical (unpaired) electrons. The number of H-pyrrole nitrogens is 1. The second-order valence-corrected chi connectivity index (χ2v) is 5.65. The fraction of sp³-hybridized carbons (Fsp3) is 0.312. The van der Waals surface area contributed by atoms with E-state index in [-0.39, 0.29) is 6.03 Å². The molecule has 1 saturated heterocycles. The van der Waals surface area contributed by atoms with Crippen molar-refractivity contribution >= 4 is 27.8 Å². The average molecular weight is 295 g/mol. The molecule has 1 fully saturated rings. The number of rotatable bonds is 1. The molecule has 6 heteroatoms. The van der Waals surface area contributed by atoms with Crippen molar-refractivity contribution in [3.8, 4) is 0 Å². The van der Waals surface area contributed by atoms with Crippen molar-refractivity contribution in [3.05, 3.63) is 36.4 Å². The van der Waals surface area contributed by atoms with Gasteiger partial charge in [-0.2, -0.15) is 0 Å². The Labute approximate surface area is 127 Å². The van der Waals surface area contributed by atoms with Crippen molar-refractivity contribution < 1.29 is 4.79 Å². The van der Waals surface area contributed by atoms with Gasteiger partial charge in [-0.05, 0) is 18.6 Å². The Kier molecular flexibility index (Phi) is 2.96. The summed E-state index contributed by atoms with van der Waals surface area (Å²) in [5.41, 5.74) is 1.94. The van der Waals surface area contributed by atoms with E-state index in [0.717, 1.165) is 35.9 Å². The highest BCUT2D eigenvalue weighted by atomic mass is 16.2. The van der Waals surface area contributed by atoms with Gasteiger partial charge in [-0.25, -0.2) is 14.8 Å². The summed E-state index contributed by atoms with van der Waals surface area (Å²) in [6.07, 6.45) is 6.57. The summed E-state index contributed by atoms with van der Waals surface area (Å²) in [6, 6.07) is 4.03. The molecule has 0 spiro atoms. The van der Waals surface area contributed by atoms with Gasteiger partial charge in [0.1, 0.15) is 0 Å². The second kappa shape index (κ2) is 4.98. The third-order valence-corrected chi connectivity index (χ3v) is 4.43. The third kappa shape index (κ3) is 1.91. The maximum Gasteiger partial charge on any atom is 0.317 e. The number of amides is 2. The van der Waals surface area contributed by atoms with E-state index < -0.39 is 0 Å². The fourth-order valence-electron chi connectivity index (χ4n) is 3.36. The number of hydrogen-bond acceptors (Lipinski definition) is 3. The number of carbonyl (C=O) groups excluding carboxylic acids is 1. The Balaban J connectivity index is 1.82. The predicted molar refractivity (Wildman–Crippen MR) is 84.8 cm³/mol. The van der Waals surface area contributed by atoms with Gasteiger partial charge in [0.15, 0.2) is 5.65 Å². The highest BCUT2D eigenvalue weighted by molar-refractivity contribution is 6.05. The number of aromatic nitrogens is 3. The van der Waals surface area contributed by atoms with Crippen LogP contribution in [0.4, 0.5) is 4.79 Å². The number of nitrogens with one attached hydrogen (secondary N) is 2. The van der Waals surface area contributed by atoms with E-state index in [9.17, 15) is 4.79 Å². The number of likely N-dealkylation sites (tertiary alicyclic amines) is 1. The van der Waals surface area contributed by atoms with Gasteiger partial charge in [-0.3, -0.25) is 0 Å². The minimum atomic E-state index is -0.00970. The van der Waals surface area contributed by atoms with E-state index in [2.05, 4.69) is 20.3 Å². The quantitative estimate of drug-likeness (QED) is 0.723. The lowest BCUT2D eigenvalue weighted by Gasteiger charge is -2.17. The molecule has 3 aromatic rings. The van der Waals surface area contributed by atoms with Crippen LogP contribution < -0.4 is 5.32 Å². The number of hydrogen-bond donors (Lipinski definition) is 2. The summed E-state index contributed by atoms with van der Waals surface area (Å²) >= 11 is 0. The van der Waals surface area contributed by atoms with Crippen LogP contribution in [0.3, 0.4) is 0 Å². The molecular formula is C16H17N5O. The topological polar surface area (TPSA) is 73.9 Å². The van der Waals surface area contributed by atoms with Gasteiger partial charge in [-0.15, -0.1) is 0 Å². The molecule has 22 heavy (non-hydrogen) atoms. The number of carbonyl (C=O) groups is 1. The third-order valence-electron chi connectivity index (χ3n) is 4.43. The van der Waals surface area contributed by atoms with Crippen LogP contribution in [-0.4, -0.2) is 46.0 Å². The number of fused-ring (bicyclic) bond motifs is 3. The second-order valence-electron chi connectivity index (χ2n) is 5.65. The summed E-state index contributed by atoms with van der Waals surface area (Å²) in [5, 5.41) is 6.05. The number of pyridine rings is 2. The summed E-state index contributed by atoms with van der Waals surface area (Å²) in [7, 11) is 1.67. The molecule has 3 aromatic heterocycles. The van der Waals surface area contributed by atoms with Crippen LogP contribution in [0, 0.1) is 0 Å². The molecular weight excluding hydrogens is 278 g/mol. The minimum absolute atomic E-state index is 0.00970. The molecule has 1 aliphatic heterocycles. The van der Waals surface area contributed by atoms with Crippen molar-refractivity contribution in [1.82, 2.24) is 25.2 Å². The molecule has 0 aliphatic carbocycles. The van der Waals surface area contributed by atoms with Gasteiger partial charge in [0.2, 0.25) is 0 Å². The van der Waals surface area contributed by atoms with E-state index in [1.807, 2.05) is 29.4 Å². The van der Waals surface area contributed by atoms with Crippen LogP contribution >= 0.6 is 0 Å². The van der Waals surface area contributed by atoms with Crippen LogP contribution in [0.25, 0.3) is 21.8 Å². The SMILES string of the molecule is CNC(=O)N1CCC(c2[nH]ccc3cnc4nccc4c23)C1. The molecule has 0 bridgehead atoms. The Morgan fingerprint density at radius 1 is 1.41 bits per heavy atom. The van der Waals surface area contributed by atoms with Crippen molar-refractivity contribution in [2.24, 2.45) is 0 Å². The molecule has 112 valence electrons. The minimum Gasteiger partial charge on any atom is -0.364 e. The molecule has 0 saturated carbocycles. The number of nitrogens with zero attached hydrogens (tertiary/aromatic N) is 3. The van der Waals surface area contributed by atoms with Crippen LogP contribution in [-0.2, 0) is 0 Å².